The second-order valence-corrected chi connectivity index (χ2v) is 4.33. The maximum absolute atomic E-state index is 4.94. The predicted molar refractivity (Wildman–Crippen MR) is 63.3 cm³/mol. The summed E-state index contributed by atoms with van der Waals surface area (Å²) in [4.78, 5) is 4.25. The van der Waals surface area contributed by atoms with E-state index in [1.54, 1.807) is 18.9 Å². The van der Waals surface area contributed by atoms with Crippen LogP contribution in [0, 0.1) is 0 Å². The molecular formula is C10H19N3OS. The quantitative estimate of drug-likeness (QED) is 0.536. The van der Waals surface area contributed by atoms with E-state index in [1.807, 2.05) is 24.0 Å². The zero-order valence-electron chi connectivity index (χ0n) is 9.40. The summed E-state index contributed by atoms with van der Waals surface area (Å²) in [7, 11) is 3.74. The van der Waals surface area contributed by atoms with Gasteiger partial charge in [0.25, 0.3) is 0 Å². The minimum absolute atomic E-state index is 0.784. The third-order valence-corrected chi connectivity index (χ3v) is 3.13. The van der Waals surface area contributed by atoms with Crippen molar-refractivity contribution >= 4 is 11.8 Å². The number of nitrogens with zero attached hydrogens (tertiary/aromatic N) is 2. The van der Waals surface area contributed by atoms with Gasteiger partial charge in [-0.15, -0.1) is 0 Å². The van der Waals surface area contributed by atoms with Gasteiger partial charge in [-0.2, -0.15) is 0 Å². The van der Waals surface area contributed by atoms with Crippen LogP contribution in [0.4, 0.5) is 0 Å². The van der Waals surface area contributed by atoms with Crippen LogP contribution in [0.3, 0.4) is 0 Å². The van der Waals surface area contributed by atoms with Crippen LogP contribution < -0.4 is 5.32 Å². The van der Waals surface area contributed by atoms with E-state index in [0.717, 1.165) is 37.0 Å². The number of thioether (sulfide) groups is 1. The molecule has 0 aliphatic heterocycles. The Hall–Kier alpha value is -0.520. The van der Waals surface area contributed by atoms with E-state index >= 15 is 0 Å². The van der Waals surface area contributed by atoms with Gasteiger partial charge < -0.3 is 14.6 Å². The van der Waals surface area contributed by atoms with Crippen molar-refractivity contribution < 1.29 is 4.74 Å². The van der Waals surface area contributed by atoms with Crippen molar-refractivity contribution in [1.29, 1.82) is 0 Å². The highest BCUT2D eigenvalue weighted by Crippen LogP contribution is 2.14. The molecule has 0 unspecified atom stereocenters. The minimum Gasteiger partial charge on any atom is -0.383 e. The van der Waals surface area contributed by atoms with Crippen molar-refractivity contribution in [3.05, 3.63) is 12.4 Å². The summed E-state index contributed by atoms with van der Waals surface area (Å²) in [6.45, 7) is 2.76. The molecule has 0 saturated carbocycles. The first-order chi connectivity index (χ1) is 7.34. The van der Waals surface area contributed by atoms with Crippen LogP contribution in [0.5, 0.6) is 0 Å². The Balaban J connectivity index is 1.96. The Labute approximate surface area is 95.4 Å². The molecule has 0 amide bonds. The molecule has 86 valence electrons. The Kier molecular flexibility index (Phi) is 6.47. The summed E-state index contributed by atoms with van der Waals surface area (Å²) in [5.74, 6) is 1.10. The van der Waals surface area contributed by atoms with Crippen molar-refractivity contribution in [2.45, 2.75) is 11.6 Å². The van der Waals surface area contributed by atoms with E-state index in [4.69, 9.17) is 4.74 Å². The summed E-state index contributed by atoms with van der Waals surface area (Å²) in [5.41, 5.74) is 0. The molecule has 1 rings (SSSR count). The van der Waals surface area contributed by atoms with E-state index in [1.165, 1.54) is 0 Å². The fourth-order valence-corrected chi connectivity index (χ4v) is 2.02. The van der Waals surface area contributed by atoms with E-state index < -0.39 is 0 Å². The zero-order valence-corrected chi connectivity index (χ0v) is 10.2. The standard InChI is InChI=1S/C10H19N3OS/c1-13-7-5-12-10(13)15-9-3-4-11-6-8-14-2/h5,7,11H,3-4,6,8-9H2,1-2H3. The van der Waals surface area contributed by atoms with Crippen LogP contribution in [0.15, 0.2) is 17.6 Å². The molecule has 1 N–H and O–H groups in total. The molecule has 5 heteroatoms. The van der Waals surface area contributed by atoms with Gasteiger partial charge in [0.05, 0.1) is 6.61 Å². The SMILES string of the molecule is COCCNCCCSc1nccn1C. The molecule has 0 atom stereocenters. The average Bonchev–Trinajstić information content (AvgIpc) is 2.63. The number of aryl methyl sites for hydroxylation is 1. The molecule has 15 heavy (non-hydrogen) atoms. The fourth-order valence-electron chi connectivity index (χ4n) is 1.15. The first-order valence-electron chi connectivity index (χ1n) is 5.14. The van der Waals surface area contributed by atoms with Gasteiger partial charge in [0.2, 0.25) is 0 Å². The Bertz CT molecular complexity index is 265. The molecule has 0 fully saturated rings. The normalized spacial score (nSPS) is 10.8. The molecule has 1 heterocycles. The third-order valence-electron chi connectivity index (χ3n) is 1.99. The highest BCUT2D eigenvalue weighted by Gasteiger charge is 1.98. The second-order valence-electron chi connectivity index (χ2n) is 3.27. The number of aromatic nitrogens is 2. The first kappa shape index (κ1) is 12.5. The van der Waals surface area contributed by atoms with Crippen LogP contribution in [0.1, 0.15) is 6.42 Å². The average molecular weight is 229 g/mol. The molecule has 1 aromatic rings. The van der Waals surface area contributed by atoms with Crippen molar-refractivity contribution in [1.82, 2.24) is 14.9 Å². The largest absolute Gasteiger partial charge is 0.383 e. The number of rotatable bonds is 8. The van der Waals surface area contributed by atoms with Gasteiger partial charge in [0, 0.05) is 38.8 Å². The van der Waals surface area contributed by atoms with Crippen LogP contribution in [-0.4, -0.2) is 42.1 Å². The number of nitrogens with one attached hydrogen (secondary N) is 1. The highest BCUT2D eigenvalue weighted by molar-refractivity contribution is 7.99. The lowest BCUT2D eigenvalue weighted by molar-refractivity contribution is 0.199. The number of methoxy groups -OCH3 is 1. The summed E-state index contributed by atoms with van der Waals surface area (Å²) in [5, 5.41) is 4.41. The van der Waals surface area contributed by atoms with E-state index in [9.17, 15) is 0 Å². The number of hydrogen-bond acceptors (Lipinski definition) is 4. The van der Waals surface area contributed by atoms with Crippen molar-refractivity contribution in [2.75, 3.05) is 32.6 Å². The number of imidazole rings is 1. The van der Waals surface area contributed by atoms with E-state index in [0.29, 0.717) is 0 Å². The zero-order chi connectivity index (χ0) is 10.9. The lowest BCUT2D eigenvalue weighted by Gasteiger charge is -2.03. The lowest BCUT2D eigenvalue weighted by atomic mass is 10.5. The molecule has 0 spiro atoms. The molecule has 0 bridgehead atoms. The number of ether oxygens (including phenoxy) is 1. The van der Waals surface area contributed by atoms with E-state index in [-0.39, 0.29) is 0 Å². The minimum atomic E-state index is 0.784. The summed E-state index contributed by atoms with van der Waals surface area (Å²) >= 11 is 1.80. The summed E-state index contributed by atoms with van der Waals surface area (Å²) in [6, 6.07) is 0. The van der Waals surface area contributed by atoms with Crippen LogP contribution in [0.25, 0.3) is 0 Å². The molecule has 0 radical (unpaired) electrons. The lowest BCUT2D eigenvalue weighted by Crippen LogP contribution is -2.20. The van der Waals surface area contributed by atoms with Gasteiger partial charge in [-0.25, -0.2) is 4.98 Å². The Morgan fingerprint density at radius 1 is 1.53 bits per heavy atom. The Morgan fingerprint density at radius 2 is 2.40 bits per heavy atom. The molecule has 0 aliphatic carbocycles. The summed E-state index contributed by atoms with van der Waals surface area (Å²) in [6.07, 6.45) is 4.96. The Morgan fingerprint density at radius 3 is 3.07 bits per heavy atom. The highest BCUT2D eigenvalue weighted by atomic mass is 32.2. The molecule has 0 aromatic carbocycles. The molecular weight excluding hydrogens is 210 g/mol. The topological polar surface area (TPSA) is 39.1 Å². The van der Waals surface area contributed by atoms with Crippen molar-refractivity contribution in [3.63, 3.8) is 0 Å². The van der Waals surface area contributed by atoms with Gasteiger partial charge in [-0.1, -0.05) is 11.8 Å². The van der Waals surface area contributed by atoms with Crippen molar-refractivity contribution in [3.8, 4) is 0 Å². The molecule has 0 saturated heterocycles. The van der Waals surface area contributed by atoms with Gasteiger partial charge in [-0.3, -0.25) is 0 Å². The van der Waals surface area contributed by atoms with Crippen molar-refractivity contribution in [2.24, 2.45) is 7.05 Å². The first-order valence-corrected chi connectivity index (χ1v) is 6.13. The second kappa shape index (κ2) is 7.73. The van der Waals surface area contributed by atoms with Crippen LogP contribution >= 0.6 is 11.8 Å². The van der Waals surface area contributed by atoms with Crippen LogP contribution in [0.2, 0.25) is 0 Å². The van der Waals surface area contributed by atoms with Gasteiger partial charge in [-0.05, 0) is 13.0 Å². The van der Waals surface area contributed by atoms with E-state index in [2.05, 4.69) is 10.3 Å². The predicted octanol–water partition coefficient (Wildman–Crippen LogP) is 1.14. The van der Waals surface area contributed by atoms with Gasteiger partial charge >= 0.3 is 0 Å². The smallest absolute Gasteiger partial charge is 0.167 e. The van der Waals surface area contributed by atoms with Crippen LogP contribution in [-0.2, 0) is 11.8 Å². The van der Waals surface area contributed by atoms with Gasteiger partial charge in [0.15, 0.2) is 5.16 Å². The fraction of sp³-hybridized carbons (Fsp3) is 0.700. The van der Waals surface area contributed by atoms with Gasteiger partial charge in [0.1, 0.15) is 0 Å². The maximum atomic E-state index is 4.94. The molecule has 0 aliphatic rings. The maximum Gasteiger partial charge on any atom is 0.167 e. The molecule has 1 aromatic heterocycles. The third kappa shape index (κ3) is 5.20. The summed E-state index contributed by atoms with van der Waals surface area (Å²) < 4.78 is 6.99. The monoisotopic (exact) mass is 229 g/mol. The molecule has 4 nitrogen and oxygen atoms in total. The number of hydrogen-bond donors (Lipinski definition) is 1.